The van der Waals surface area contributed by atoms with Crippen molar-refractivity contribution in [1.82, 2.24) is 0 Å². The summed E-state index contributed by atoms with van der Waals surface area (Å²) in [5.41, 5.74) is 0. The van der Waals surface area contributed by atoms with Gasteiger partial charge in [0.15, 0.2) is 0 Å². The van der Waals surface area contributed by atoms with Gasteiger partial charge < -0.3 is 4.74 Å². The van der Waals surface area contributed by atoms with Crippen LogP contribution in [0, 0.1) is 0 Å². The fourth-order valence-electron chi connectivity index (χ4n) is 2.03. The van der Waals surface area contributed by atoms with Crippen LogP contribution in [0.5, 0.6) is 0 Å². The number of halogens is 1. The van der Waals surface area contributed by atoms with Crippen LogP contribution in [-0.4, -0.2) is 18.5 Å². The highest BCUT2D eigenvalue weighted by Gasteiger charge is 1.91. The number of hydrogen-bond acceptors (Lipinski definition) is 1. The third-order valence-electron chi connectivity index (χ3n) is 3.28. The van der Waals surface area contributed by atoms with E-state index in [4.69, 9.17) is 4.74 Å². The number of alkyl halides is 1. The first kappa shape index (κ1) is 19.2. The highest BCUT2D eigenvalue weighted by atomic mass is 79.9. The smallest absolute Gasteiger partial charge is 0.0647 e. The average molecular weight is 333 g/mol. The molecular formula is C17H33BrO. The van der Waals surface area contributed by atoms with Crippen molar-refractivity contribution in [3.63, 3.8) is 0 Å². The van der Waals surface area contributed by atoms with E-state index in [1.54, 1.807) is 0 Å². The molecule has 0 atom stereocenters. The predicted molar refractivity (Wildman–Crippen MR) is 90.2 cm³/mol. The normalized spacial score (nSPS) is 11.5. The molecule has 0 aliphatic carbocycles. The van der Waals surface area contributed by atoms with Gasteiger partial charge in [-0.25, -0.2) is 0 Å². The van der Waals surface area contributed by atoms with Crippen LogP contribution in [0.25, 0.3) is 0 Å². The molecule has 0 fully saturated rings. The Balaban J connectivity index is 2.99. The Kier molecular flexibility index (Phi) is 18.4. The SMILES string of the molecule is CCCCCC/C=C\COCCCCCCCCBr. The van der Waals surface area contributed by atoms with E-state index in [9.17, 15) is 0 Å². The molecule has 19 heavy (non-hydrogen) atoms. The first-order valence-electron chi connectivity index (χ1n) is 8.20. The highest BCUT2D eigenvalue weighted by Crippen LogP contribution is 2.06. The lowest BCUT2D eigenvalue weighted by molar-refractivity contribution is 0.157. The van der Waals surface area contributed by atoms with Gasteiger partial charge in [-0.3, -0.25) is 0 Å². The van der Waals surface area contributed by atoms with Crippen LogP contribution in [0.4, 0.5) is 0 Å². The second kappa shape index (κ2) is 18.2. The molecule has 0 saturated heterocycles. The molecule has 1 nitrogen and oxygen atoms in total. The number of hydrogen-bond donors (Lipinski definition) is 0. The molecule has 0 heterocycles. The number of ether oxygens (including phenoxy) is 1. The van der Waals surface area contributed by atoms with E-state index in [0.717, 1.165) is 18.5 Å². The zero-order valence-electron chi connectivity index (χ0n) is 12.8. The topological polar surface area (TPSA) is 9.23 Å². The van der Waals surface area contributed by atoms with Gasteiger partial charge in [0.05, 0.1) is 6.61 Å². The van der Waals surface area contributed by atoms with Crippen molar-refractivity contribution in [3.05, 3.63) is 12.2 Å². The van der Waals surface area contributed by atoms with Gasteiger partial charge in [-0.1, -0.05) is 80.0 Å². The van der Waals surface area contributed by atoms with Crippen molar-refractivity contribution in [2.24, 2.45) is 0 Å². The van der Waals surface area contributed by atoms with Crippen molar-refractivity contribution < 1.29 is 4.74 Å². The molecule has 0 aromatic carbocycles. The van der Waals surface area contributed by atoms with Crippen LogP contribution in [0.15, 0.2) is 12.2 Å². The van der Waals surface area contributed by atoms with Gasteiger partial charge in [-0.05, 0) is 25.7 Å². The Labute approximate surface area is 129 Å². The van der Waals surface area contributed by atoms with E-state index >= 15 is 0 Å². The molecule has 0 amide bonds. The standard InChI is InChI=1S/C17H33BrO/c1-2-3-4-5-7-10-13-16-19-17-14-11-8-6-9-12-15-18/h10,13H,2-9,11-12,14-17H2,1H3/b13-10-. The maximum atomic E-state index is 5.59. The third kappa shape index (κ3) is 18.2. The lowest BCUT2D eigenvalue weighted by Crippen LogP contribution is -1.94. The summed E-state index contributed by atoms with van der Waals surface area (Å²) in [6, 6.07) is 0. The maximum absolute atomic E-state index is 5.59. The molecule has 0 N–H and O–H groups in total. The Bertz CT molecular complexity index is 180. The number of unbranched alkanes of at least 4 members (excludes halogenated alkanes) is 9. The van der Waals surface area contributed by atoms with Gasteiger partial charge in [-0.2, -0.15) is 0 Å². The predicted octanol–water partition coefficient (Wildman–Crippen LogP) is 6.27. The van der Waals surface area contributed by atoms with E-state index in [1.807, 2.05) is 0 Å². The summed E-state index contributed by atoms with van der Waals surface area (Å²) in [7, 11) is 0. The summed E-state index contributed by atoms with van der Waals surface area (Å²) in [6.45, 7) is 3.99. The van der Waals surface area contributed by atoms with Gasteiger partial charge in [0.2, 0.25) is 0 Å². The molecule has 0 unspecified atom stereocenters. The summed E-state index contributed by atoms with van der Waals surface area (Å²) >= 11 is 3.46. The quantitative estimate of drug-likeness (QED) is 0.195. The molecule has 0 rings (SSSR count). The Hall–Kier alpha value is 0.180. The fraction of sp³-hybridized carbons (Fsp3) is 0.882. The highest BCUT2D eigenvalue weighted by molar-refractivity contribution is 9.09. The number of allylic oxidation sites excluding steroid dienone is 1. The summed E-state index contributed by atoms with van der Waals surface area (Å²) in [5, 5.41) is 1.15. The minimum Gasteiger partial charge on any atom is -0.377 e. The molecule has 2 heteroatoms. The molecule has 0 aliphatic heterocycles. The van der Waals surface area contributed by atoms with Crippen LogP contribution in [0.2, 0.25) is 0 Å². The second-order valence-electron chi connectivity index (χ2n) is 5.21. The summed E-state index contributed by atoms with van der Waals surface area (Å²) in [5.74, 6) is 0. The monoisotopic (exact) mass is 332 g/mol. The molecule has 114 valence electrons. The minimum atomic E-state index is 0.803. The second-order valence-corrected chi connectivity index (χ2v) is 6.00. The van der Waals surface area contributed by atoms with Crippen molar-refractivity contribution in [2.45, 2.75) is 77.6 Å². The largest absolute Gasteiger partial charge is 0.377 e. The van der Waals surface area contributed by atoms with Crippen molar-refractivity contribution in [3.8, 4) is 0 Å². The first-order valence-corrected chi connectivity index (χ1v) is 9.32. The molecular weight excluding hydrogens is 300 g/mol. The van der Waals surface area contributed by atoms with E-state index in [1.165, 1.54) is 70.6 Å². The Morgan fingerprint density at radius 3 is 2.21 bits per heavy atom. The zero-order chi connectivity index (χ0) is 14.0. The third-order valence-corrected chi connectivity index (χ3v) is 3.84. The lowest BCUT2D eigenvalue weighted by Gasteiger charge is -2.02. The maximum Gasteiger partial charge on any atom is 0.0647 e. The van der Waals surface area contributed by atoms with Crippen LogP contribution < -0.4 is 0 Å². The summed E-state index contributed by atoms with van der Waals surface area (Å²) in [6.07, 6.45) is 19.0. The van der Waals surface area contributed by atoms with E-state index in [-0.39, 0.29) is 0 Å². The molecule has 0 spiro atoms. The fourth-order valence-corrected chi connectivity index (χ4v) is 2.43. The van der Waals surface area contributed by atoms with Crippen LogP contribution >= 0.6 is 15.9 Å². The van der Waals surface area contributed by atoms with Crippen molar-refractivity contribution in [2.75, 3.05) is 18.5 Å². The van der Waals surface area contributed by atoms with Crippen LogP contribution in [-0.2, 0) is 4.74 Å². The van der Waals surface area contributed by atoms with Crippen molar-refractivity contribution in [1.29, 1.82) is 0 Å². The minimum absolute atomic E-state index is 0.803. The van der Waals surface area contributed by atoms with Crippen molar-refractivity contribution >= 4 is 15.9 Å². The van der Waals surface area contributed by atoms with E-state index in [2.05, 4.69) is 35.0 Å². The van der Waals surface area contributed by atoms with Gasteiger partial charge in [0.1, 0.15) is 0 Å². The summed E-state index contributed by atoms with van der Waals surface area (Å²) < 4.78 is 5.59. The number of rotatable bonds is 15. The molecule has 0 radical (unpaired) electrons. The van der Waals surface area contributed by atoms with Gasteiger partial charge >= 0.3 is 0 Å². The lowest BCUT2D eigenvalue weighted by atomic mass is 10.1. The Morgan fingerprint density at radius 1 is 0.789 bits per heavy atom. The molecule has 0 bridgehead atoms. The van der Waals surface area contributed by atoms with Crippen LogP contribution in [0.1, 0.15) is 77.6 Å². The van der Waals surface area contributed by atoms with Crippen LogP contribution in [0.3, 0.4) is 0 Å². The summed E-state index contributed by atoms with van der Waals surface area (Å²) in [4.78, 5) is 0. The molecule has 0 aromatic heterocycles. The van der Waals surface area contributed by atoms with E-state index in [0.29, 0.717) is 0 Å². The molecule has 0 aromatic rings. The van der Waals surface area contributed by atoms with Gasteiger partial charge in [0.25, 0.3) is 0 Å². The van der Waals surface area contributed by atoms with Gasteiger partial charge in [0, 0.05) is 11.9 Å². The zero-order valence-corrected chi connectivity index (χ0v) is 14.4. The first-order chi connectivity index (χ1) is 9.41. The van der Waals surface area contributed by atoms with Gasteiger partial charge in [-0.15, -0.1) is 0 Å². The Morgan fingerprint density at radius 2 is 1.47 bits per heavy atom. The average Bonchev–Trinajstić information content (AvgIpc) is 2.43. The molecule has 0 saturated carbocycles. The van der Waals surface area contributed by atoms with E-state index < -0.39 is 0 Å². The molecule has 0 aliphatic rings.